The van der Waals surface area contributed by atoms with Gasteiger partial charge in [0.2, 0.25) is 0 Å². The number of hydrogen-bond acceptors (Lipinski definition) is 3. The molecule has 0 saturated carbocycles. The Labute approximate surface area is 128 Å². The zero-order valence-electron chi connectivity index (χ0n) is 12.6. The lowest BCUT2D eigenvalue weighted by molar-refractivity contribution is 0.0690. The minimum absolute atomic E-state index is 0.0211. The van der Waals surface area contributed by atoms with Crippen LogP contribution in [0.3, 0.4) is 0 Å². The number of halogens is 1. The molecule has 3 rings (SSSR count). The Morgan fingerprint density at radius 3 is 2.59 bits per heavy atom. The van der Waals surface area contributed by atoms with Crippen molar-refractivity contribution in [2.24, 2.45) is 5.92 Å². The smallest absolute Gasteiger partial charge is 0.253 e. The van der Waals surface area contributed by atoms with Gasteiger partial charge in [-0.1, -0.05) is 0 Å². The van der Waals surface area contributed by atoms with Crippen LogP contribution < -0.4 is 0 Å². The standard InChI is InChI=1S/C16H19FN4O/c1-11-18-15(20-19-11)10-12-6-8-21(9-7-12)16(22)13-2-4-14(17)5-3-13/h2-5,12H,6-10H2,1H3,(H,18,19,20). The molecule has 1 aliphatic rings. The number of H-pyrrole nitrogens is 1. The molecule has 1 fully saturated rings. The molecule has 0 radical (unpaired) electrons. The topological polar surface area (TPSA) is 61.9 Å². The van der Waals surface area contributed by atoms with Crippen LogP contribution in [-0.4, -0.2) is 39.1 Å². The summed E-state index contributed by atoms with van der Waals surface area (Å²) in [5.41, 5.74) is 0.546. The van der Waals surface area contributed by atoms with Crippen LogP contribution in [0.2, 0.25) is 0 Å². The Morgan fingerprint density at radius 2 is 2.00 bits per heavy atom. The minimum atomic E-state index is -0.322. The van der Waals surface area contributed by atoms with Crippen LogP contribution in [0.4, 0.5) is 4.39 Å². The summed E-state index contributed by atoms with van der Waals surface area (Å²) in [6, 6.07) is 5.73. The number of aromatic amines is 1. The average molecular weight is 302 g/mol. The molecule has 0 atom stereocenters. The van der Waals surface area contributed by atoms with E-state index in [1.54, 1.807) is 12.1 Å². The first-order valence-electron chi connectivity index (χ1n) is 7.54. The monoisotopic (exact) mass is 302 g/mol. The van der Waals surface area contributed by atoms with Crippen LogP contribution in [0, 0.1) is 18.7 Å². The van der Waals surface area contributed by atoms with E-state index >= 15 is 0 Å². The third-order valence-corrected chi connectivity index (χ3v) is 4.11. The molecule has 116 valence electrons. The maximum Gasteiger partial charge on any atom is 0.253 e. The largest absolute Gasteiger partial charge is 0.339 e. The maximum absolute atomic E-state index is 12.9. The molecule has 1 aromatic heterocycles. The fourth-order valence-electron chi connectivity index (χ4n) is 2.85. The molecular formula is C16H19FN4O. The highest BCUT2D eigenvalue weighted by molar-refractivity contribution is 5.94. The van der Waals surface area contributed by atoms with Crippen molar-refractivity contribution in [3.05, 3.63) is 47.3 Å². The molecule has 22 heavy (non-hydrogen) atoms. The number of aryl methyl sites for hydroxylation is 1. The number of hydrogen-bond donors (Lipinski definition) is 1. The highest BCUT2D eigenvalue weighted by Crippen LogP contribution is 2.21. The molecule has 0 spiro atoms. The summed E-state index contributed by atoms with van der Waals surface area (Å²) >= 11 is 0. The van der Waals surface area contributed by atoms with Crippen LogP contribution in [0.1, 0.15) is 34.8 Å². The third-order valence-electron chi connectivity index (χ3n) is 4.11. The Morgan fingerprint density at radius 1 is 1.32 bits per heavy atom. The van der Waals surface area contributed by atoms with E-state index in [1.165, 1.54) is 12.1 Å². The molecule has 5 nitrogen and oxygen atoms in total. The number of benzene rings is 1. The SMILES string of the molecule is Cc1nc(CC2CCN(C(=O)c3ccc(F)cc3)CC2)n[nH]1. The van der Waals surface area contributed by atoms with Crippen molar-refractivity contribution in [3.8, 4) is 0 Å². The van der Waals surface area contributed by atoms with Crippen LogP contribution in [0.25, 0.3) is 0 Å². The summed E-state index contributed by atoms with van der Waals surface area (Å²) in [6.45, 7) is 3.34. The first-order valence-corrected chi connectivity index (χ1v) is 7.54. The quantitative estimate of drug-likeness (QED) is 0.946. The number of rotatable bonds is 3. The first kappa shape index (κ1) is 14.7. The van der Waals surface area contributed by atoms with Gasteiger partial charge < -0.3 is 4.90 Å². The maximum atomic E-state index is 12.9. The summed E-state index contributed by atoms with van der Waals surface area (Å²) in [4.78, 5) is 18.5. The molecule has 1 aromatic carbocycles. The second-order valence-electron chi connectivity index (χ2n) is 5.78. The van der Waals surface area contributed by atoms with Crippen molar-refractivity contribution in [3.63, 3.8) is 0 Å². The Balaban J connectivity index is 1.55. The van der Waals surface area contributed by atoms with E-state index in [2.05, 4.69) is 15.2 Å². The molecule has 0 aliphatic carbocycles. The van der Waals surface area contributed by atoms with Gasteiger partial charge in [0.15, 0.2) is 5.82 Å². The Bertz CT molecular complexity index is 644. The van der Waals surface area contributed by atoms with Crippen molar-refractivity contribution in [2.45, 2.75) is 26.2 Å². The number of nitrogens with one attached hydrogen (secondary N) is 1. The van der Waals surface area contributed by atoms with Gasteiger partial charge >= 0.3 is 0 Å². The van der Waals surface area contributed by atoms with Crippen molar-refractivity contribution >= 4 is 5.91 Å². The van der Waals surface area contributed by atoms with Gasteiger partial charge in [0.25, 0.3) is 5.91 Å². The molecule has 1 N–H and O–H groups in total. The van der Waals surface area contributed by atoms with Crippen LogP contribution in [0.5, 0.6) is 0 Å². The van der Waals surface area contributed by atoms with Gasteiger partial charge in [-0.3, -0.25) is 9.89 Å². The number of carbonyl (C=O) groups is 1. The summed E-state index contributed by atoms with van der Waals surface area (Å²) in [5.74, 6) is 1.84. The number of carbonyl (C=O) groups excluding carboxylic acids is 1. The van der Waals surface area contributed by atoms with Crippen LogP contribution in [0.15, 0.2) is 24.3 Å². The zero-order chi connectivity index (χ0) is 15.5. The molecule has 0 unspecified atom stereocenters. The van der Waals surface area contributed by atoms with Gasteiger partial charge in [-0.2, -0.15) is 5.10 Å². The predicted octanol–water partition coefficient (Wildman–Crippen LogP) is 2.35. The van der Waals surface area contributed by atoms with E-state index in [-0.39, 0.29) is 11.7 Å². The second kappa shape index (κ2) is 6.25. The highest BCUT2D eigenvalue weighted by atomic mass is 19.1. The van der Waals surface area contributed by atoms with Gasteiger partial charge in [-0.05, 0) is 49.9 Å². The normalized spacial score (nSPS) is 16.0. The lowest BCUT2D eigenvalue weighted by Gasteiger charge is -2.31. The Hall–Kier alpha value is -2.24. The second-order valence-corrected chi connectivity index (χ2v) is 5.78. The molecule has 2 aromatic rings. The van der Waals surface area contributed by atoms with E-state index in [0.29, 0.717) is 11.5 Å². The lowest BCUT2D eigenvalue weighted by atomic mass is 9.93. The molecule has 1 amide bonds. The Kier molecular flexibility index (Phi) is 4.18. The number of nitrogens with zero attached hydrogens (tertiary/aromatic N) is 3. The molecule has 2 heterocycles. The van der Waals surface area contributed by atoms with Gasteiger partial charge in [0.05, 0.1) is 0 Å². The van der Waals surface area contributed by atoms with E-state index < -0.39 is 0 Å². The minimum Gasteiger partial charge on any atom is -0.339 e. The molecule has 6 heteroatoms. The van der Waals surface area contributed by atoms with Crippen molar-refractivity contribution in [2.75, 3.05) is 13.1 Å². The van der Waals surface area contributed by atoms with Crippen LogP contribution >= 0.6 is 0 Å². The van der Waals surface area contributed by atoms with E-state index in [1.807, 2.05) is 11.8 Å². The third kappa shape index (κ3) is 3.32. The van der Waals surface area contributed by atoms with E-state index in [9.17, 15) is 9.18 Å². The van der Waals surface area contributed by atoms with Gasteiger partial charge in [0, 0.05) is 25.1 Å². The highest BCUT2D eigenvalue weighted by Gasteiger charge is 2.24. The van der Waals surface area contributed by atoms with E-state index in [4.69, 9.17) is 0 Å². The molecular weight excluding hydrogens is 283 g/mol. The first-order chi connectivity index (χ1) is 10.6. The summed E-state index contributed by atoms with van der Waals surface area (Å²) in [5, 5.41) is 7.02. The van der Waals surface area contributed by atoms with Gasteiger partial charge in [0.1, 0.15) is 11.6 Å². The van der Waals surface area contributed by atoms with Gasteiger partial charge in [-0.25, -0.2) is 9.37 Å². The fraction of sp³-hybridized carbons (Fsp3) is 0.438. The van der Waals surface area contributed by atoms with Crippen LogP contribution in [-0.2, 0) is 6.42 Å². The summed E-state index contributed by atoms with van der Waals surface area (Å²) < 4.78 is 12.9. The average Bonchev–Trinajstić information content (AvgIpc) is 2.93. The number of piperidine rings is 1. The van der Waals surface area contributed by atoms with Crippen molar-refractivity contribution < 1.29 is 9.18 Å². The number of amides is 1. The lowest BCUT2D eigenvalue weighted by Crippen LogP contribution is -2.39. The number of likely N-dealkylation sites (tertiary alicyclic amines) is 1. The number of aromatic nitrogens is 3. The van der Waals surface area contributed by atoms with Crippen molar-refractivity contribution in [1.82, 2.24) is 20.1 Å². The molecule has 1 saturated heterocycles. The van der Waals surface area contributed by atoms with Crippen molar-refractivity contribution in [1.29, 1.82) is 0 Å². The summed E-state index contributed by atoms with van der Waals surface area (Å²) in [7, 11) is 0. The summed E-state index contributed by atoms with van der Waals surface area (Å²) in [6.07, 6.45) is 2.74. The van der Waals surface area contributed by atoms with Gasteiger partial charge in [-0.15, -0.1) is 0 Å². The van der Waals surface area contributed by atoms with E-state index in [0.717, 1.165) is 44.0 Å². The molecule has 0 bridgehead atoms. The fourth-order valence-corrected chi connectivity index (χ4v) is 2.85. The predicted molar refractivity (Wildman–Crippen MR) is 79.9 cm³/mol. The zero-order valence-corrected chi connectivity index (χ0v) is 12.6. The molecule has 1 aliphatic heterocycles.